The summed E-state index contributed by atoms with van der Waals surface area (Å²) in [7, 11) is 1.42. The Morgan fingerprint density at radius 2 is 2.20 bits per heavy atom. The summed E-state index contributed by atoms with van der Waals surface area (Å²) < 4.78 is 5.74. The number of benzene rings is 1. The minimum Gasteiger partial charge on any atom is -0.507 e. The van der Waals surface area contributed by atoms with Crippen molar-refractivity contribution in [1.29, 1.82) is 0 Å². The van der Waals surface area contributed by atoms with Crippen LogP contribution in [0.15, 0.2) is 28.5 Å². The van der Waals surface area contributed by atoms with Gasteiger partial charge in [-0.2, -0.15) is 0 Å². The van der Waals surface area contributed by atoms with Crippen molar-refractivity contribution in [2.75, 3.05) is 13.7 Å². The van der Waals surface area contributed by atoms with E-state index in [9.17, 15) is 5.11 Å². The molecule has 20 heavy (non-hydrogen) atoms. The second-order valence-corrected chi connectivity index (χ2v) is 5.17. The van der Waals surface area contributed by atoms with Gasteiger partial charge in [0.2, 0.25) is 0 Å². The number of aryl methyl sites for hydroxylation is 1. The molecule has 1 aliphatic heterocycles. The Labute approximate surface area is 117 Å². The SMILES string of the molecule is CON=C(C1=NOCC(C)(C)O1)c1cc(C)ccc1O. The molecule has 0 aliphatic carbocycles. The van der Waals surface area contributed by atoms with Gasteiger partial charge >= 0.3 is 0 Å². The average molecular weight is 278 g/mol. The van der Waals surface area contributed by atoms with Crippen LogP contribution in [0, 0.1) is 6.92 Å². The molecule has 108 valence electrons. The number of hydrogen-bond acceptors (Lipinski definition) is 6. The molecule has 0 amide bonds. The smallest absolute Gasteiger partial charge is 0.281 e. The molecule has 1 N–H and O–H groups in total. The summed E-state index contributed by atoms with van der Waals surface area (Å²) in [5, 5.41) is 17.8. The predicted molar refractivity (Wildman–Crippen MR) is 74.9 cm³/mol. The summed E-state index contributed by atoms with van der Waals surface area (Å²) in [5.74, 6) is 0.255. The lowest BCUT2D eigenvalue weighted by molar-refractivity contribution is -0.0408. The molecule has 6 heteroatoms. The number of ether oxygens (including phenoxy) is 1. The van der Waals surface area contributed by atoms with Gasteiger partial charge in [0, 0.05) is 0 Å². The zero-order valence-corrected chi connectivity index (χ0v) is 12.0. The summed E-state index contributed by atoms with van der Waals surface area (Å²) in [4.78, 5) is 10.00. The molecular formula is C14H18N2O4. The van der Waals surface area contributed by atoms with E-state index in [0.29, 0.717) is 17.9 Å². The molecule has 0 spiro atoms. The third-order valence-electron chi connectivity index (χ3n) is 2.72. The Morgan fingerprint density at radius 1 is 1.45 bits per heavy atom. The van der Waals surface area contributed by atoms with Crippen molar-refractivity contribution in [1.82, 2.24) is 0 Å². The first-order valence-electron chi connectivity index (χ1n) is 6.23. The first-order valence-corrected chi connectivity index (χ1v) is 6.23. The van der Waals surface area contributed by atoms with E-state index in [4.69, 9.17) is 14.4 Å². The van der Waals surface area contributed by atoms with Gasteiger partial charge in [0.25, 0.3) is 5.90 Å². The Morgan fingerprint density at radius 3 is 2.85 bits per heavy atom. The maximum Gasteiger partial charge on any atom is 0.281 e. The second kappa shape index (κ2) is 5.40. The fourth-order valence-corrected chi connectivity index (χ4v) is 1.78. The highest BCUT2D eigenvalue weighted by molar-refractivity contribution is 6.45. The van der Waals surface area contributed by atoms with Crippen molar-refractivity contribution in [3.05, 3.63) is 29.3 Å². The molecule has 0 unspecified atom stereocenters. The summed E-state index contributed by atoms with van der Waals surface area (Å²) in [6.45, 7) is 6.01. The summed E-state index contributed by atoms with van der Waals surface area (Å²) >= 11 is 0. The van der Waals surface area contributed by atoms with Crippen LogP contribution in [0.25, 0.3) is 0 Å². The molecule has 0 bridgehead atoms. The standard InChI is InChI=1S/C14H18N2O4/c1-9-5-6-11(17)10(7-9)12(15-18-4)13-16-19-8-14(2,3)20-13/h5-7,17H,8H2,1-4H3. The molecule has 1 aromatic rings. The van der Waals surface area contributed by atoms with Crippen LogP contribution in [0.1, 0.15) is 25.0 Å². The third-order valence-corrected chi connectivity index (χ3v) is 2.72. The average Bonchev–Trinajstić information content (AvgIpc) is 2.38. The largest absolute Gasteiger partial charge is 0.507 e. The first-order chi connectivity index (χ1) is 9.43. The van der Waals surface area contributed by atoms with E-state index < -0.39 is 5.60 Å². The minimum absolute atomic E-state index is 0.0704. The molecule has 0 fully saturated rings. The Kier molecular flexibility index (Phi) is 3.83. The van der Waals surface area contributed by atoms with Crippen LogP contribution in [-0.4, -0.2) is 36.0 Å². The lowest BCUT2D eigenvalue weighted by atomic mass is 10.0. The van der Waals surface area contributed by atoms with Crippen LogP contribution in [0.4, 0.5) is 0 Å². The zero-order valence-electron chi connectivity index (χ0n) is 12.0. The molecule has 0 saturated heterocycles. The maximum absolute atomic E-state index is 10.0. The molecule has 1 aromatic carbocycles. The van der Waals surface area contributed by atoms with Crippen LogP contribution in [0.3, 0.4) is 0 Å². The Bertz CT molecular complexity index is 564. The molecule has 0 saturated carbocycles. The van der Waals surface area contributed by atoms with E-state index >= 15 is 0 Å². The number of nitrogens with zero attached hydrogens (tertiary/aromatic N) is 2. The van der Waals surface area contributed by atoms with E-state index in [1.54, 1.807) is 18.2 Å². The monoisotopic (exact) mass is 278 g/mol. The van der Waals surface area contributed by atoms with Crippen LogP contribution >= 0.6 is 0 Å². The lowest BCUT2D eigenvalue weighted by Gasteiger charge is -2.29. The summed E-state index contributed by atoms with van der Waals surface area (Å²) in [6.07, 6.45) is 0. The van der Waals surface area contributed by atoms with Crippen LogP contribution in [0.5, 0.6) is 5.75 Å². The third kappa shape index (κ3) is 3.01. The van der Waals surface area contributed by atoms with Crippen LogP contribution < -0.4 is 0 Å². The van der Waals surface area contributed by atoms with E-state index in [-0.39, 0.29) is 11.6 Å². The Hall–Kier alpha value is -2.24. The summed E-state index contributed by atoms with van der Waals surface area (Å²) in [5.41, 5.74) is 1.22. The number of phenolic OH excluding ortho intramolecular Hbond substituents is 1. The topological polar surface area (TPSA) is 72.6 Å². The van der Waals surface area contributed by atoms with Gasteiger partial charge in [-0.05, 0) is 38.1 Å². The van der Waals surface area contributed by atoms with Gasteiger partial charge in [-0.15, -0.1) is 0 Å². The van der Waals surface area contributed by atoms with Crippen molar-refractivity contribution >= 4 is 11.6 Å². The van der Waals surface area contributed by atoms with E-state index in [2.05, 4.69) is 10.3 Å². The number of oxime groups is 2. The van der Waals surface area contributed by atoms with Crippen molar-refractivity contribution in [2.45, 2.75) is 26.4 Å². The lowest BCUT2D eigenvalue weighted by Crippen LogP contribution is -2.39. The zero-order chi connectivity index (χ0) is 14.8. The molecule has 0 radical (unpaired) electrons. The van der Waals surface area contributed by atoms with Gasteiger partial charge in [-0.1, -0.05) is 16.8 Å². The maximum atomic E-state index is 10.0. The number of phenols is 1. The molecule has 0 aromatic heterocycles. The van der Waals surface area contributed by atoms with Crippen molar-refractivity contribution < 1.29 is 19.5 Å². The fraction of sp³-hybridized carbons (Fsp3) is 0.429. The van der Waals surface area contributed by atoms with E-state index in [1.807, 2.05) is 20.8 Å². The Balaban J connectivity index is 2.45. The van der Waals surface area contributed by atoms with Gasteiger partial charge in [0.15, 0.2) is 12.3 Å². The quantitative estimate of drug-likeness (QED) is 0.679. The predicted octanol–water partition coefficient (Wildman–Crippen LogP) is 2.19. The molecule has 0 atom stereocenters. The molecule has 2 rings (SSSR count). The highest BCUT2D eigenvalue weighted by Gasteiger charge is 2.31. The van der Waals surface area contributed by atoms with E-state index in [1.165, 1.54) is 7.11 Å². The fourth-order valence-electron chi connectivity index (χ4n) is 1.78. The van der Waals surface area contributed by atoms with Crippen LogP contribution in [0.2, 0.25) is 0 Å². The number of hydrogen-bond donors (Lipinski definition) is 1. The van der Waals surface area contributed by atoms with Gasteiger partial charge in [0.1, 0.15) is 18.5 Å². The second-order valence-electron chi connectivity index (χ2n) is 5.17. The highest BCUT2D eigenvalue weighted by atomic mass is 16.7. The number of rotatable bonds is 3. The summed E-state index contributed by atoms with van der Waals surface area (Å²) in [6, 6.07) is 5.17. The highest BCUT2D eigenvalue weighted by Crippen LogP contribution is 2.23. The van der Waals surface area contributed by atoms with Crippen molar-refractivity contribution in [3.8, 4) is 5.75 Å². The van der Waals surface area contributed by atoms with E-state index in [0.717, 1.165) is 5.56 Å². The molecule has 1 heterocycles. The van der Waals surface area contributed by atoms with Crippen LogP contribution in [-0.2, 0) is 14.4 Å². The molecular weight excluding hydrogens is 260 g/mol. The molecule has 6 nitrogen and oxygen atoms in total. The van der Waals surface area contributed by atoms with Gasteiger partial charge in [-0.3, -0.25) is 0 Å². The van der Waals surface area contributed by atoms with Gasteiger partial charge in [0.05, 0.1) is 5.56 Å². The van der Waals surface area contributed by atoms with Crippen molar-refractivity contribution in [3.63, 3.8) is 0 Å². The van der Waals surface area contributed by atoms with Gasteiger partial charge < -0.3 is 19.5 Å². The number of aromatic hydroxyl groups is 1. The van der Waals surface area contributed by atoms with Crippen molar-refractivity contribution in [2.24, 2.45) is 10.3 Å². The molecule has 1 aliphatic rings. The first kappa shape index (κ1) is 14.2. The minimum atomic E-state index is -0.523. The normalized spacial score (nSPS) is 17.8. The van der Waals surface area contributed by atoms with Gasteiger partial charge in [-0.25, -0.2) is 0 Å².